The van der Waals surface area contributed by atoms with Crippen LogP contribution in [0.2, 0.25) is 0 Å². The molecule has 0 spiro atoms. The maximum atomic E-state index is 12.7. The summed E-state index contributed by atoms with van der Waals surface area (Å²) in [5, 5.41) is 5.78. The molecule has 0 saturated heterocycles. The smallest absolute Gasteiger partial charge is 0.339 e. The fraction of sp³-hybridized carbons (Fsp3) is 0.591. The Balaban J connectivity index is 1.69. The molecule has 1 fully saturated rings. The second-order valence-corrected chi connectivity index (χ2v) is 8.69. The van der Waals surface area contributed by atoms with Crippen LogP contribution in [0.3, 0.4) is 0 Å². The third-order valence-electron chi connectivity index (χ3n) is 5.42. The van der Waals surface area contributed by atoms with E-state index in [4.69, 9.17) is 9.47 Å². The van der Waals surface area contributed by atoms with Crippen LogP contribution in [0.25, 0.3) is 0 Å². The van der Waals surface area contributed by atoms with Gasteiger partial charge in [-0.2, -0.15) is 0 Å². The van der Waals surface area contributed by atoms with Crippen LogP contribution in [-0.4, -0.2) is 35.5 Å². The van der Waals surface area contributed by atoms with Gasteiger partial charge < -0.3 is 20.1 Å². The van der Waals surface area contributed by atoms with E-state index in [9.17, 15) is 14.4 Å². The fourth-order valence-electron chi connectivity index (χ4n) is 3.64. The van der Waals surface area contributed by atoms with Crippen LogP contribution in [0.15, 0.2) is 18.2 Å². The molecule has 2 amide bonds. The molecule has 29 heavy (non-hydrogen) atoms. The van der Waals surface area contributed by atoms with Gasteiger partial charge in [-0.15, -0.1) is 0 Å². The molecule has 1 aliphatic carbocycles. The highest BCUT2D eigenvalue weighted by Gasteiger charge is 2.36. The molecule has 1 atom stereocenters. The standard InChI is InChI=1S/C22H30N2O5/c1-13(2)18(19(25)23-15-8-6-5-7-9-15)28-20(26)14-10-11-17-16(12-14)24-21(27)22(3,4)29-17/h10-13,15,18H,5-9H2,1-4H3,(H,23,25)(H,24,27)/t18-/m1/s1. The minimum Gasteiger partial charge on any atom is -0.476 e. The molecule has 1 aliphatic heterocycles. The average Bonchev–Trinajstić information content (AvgIpc) is 2.66. The largest absolute Gasteiger partial charge is 0.476 e. The van der Waals surface area contributed by atoms with Crippen molar-refractivity contribution < 1.29 is 23.9 Å². The number of fused-ring (bicyclic) bond motifs is 1. The zero-order valence-electron chi connectivity index (χ0n) is 17.5. The SMILES string of the molecule is CC(C)[C@@H](OC(=O)c1ccc2c(c1)NC(=O)C(C)(C)O2)C(=O)NC1CCCCC1. The van der Waals surface area contributed by atoms with Gasteiger partial charge in [-0.05, 0) is 50.8 Å². The first-order valence-corrected chi connectivity index (χ1v) is 10.3. The minimum absolute atomic E-state index is 0.149. The number of anilines is 1. The van der Waals surface area contributed by atoms with Crippen molar-refractivity contribution in [3.8, 4) is 5.75 Å². The van der Waals surface area contributed by atoms with Crippen molar-refractivity contribution in [3.63, 3.8) is 0 Å². The lowest BCUT2D eigenvalue weighted by molar-refractivity contribution is -0.133. The van der Waals surface area contributed by atoms with Crippen LogP contribution in [0.1, 0.15) is 70.2 Å². The van der Waals surface area contributed by atoms with Crippen LogP contribution in [0.5, 0.6) is 5.75 Å². The number of nitrogens with one attached hydrogen (secondary N) is 2. The Labute approximate surface area is 171 Å². The second kappa shape index (κ2) is 8.43. The van der Waals surface area contributed by atoms with Crippen LogP contribution in [0, 0.1) is 5.92 Å². The lowest BCUT2D eigenvalue weighted by Crippen LogP contribution is -2.46. The summed E-state index contributed by atoms with van der Waals surface area (Å²) in [6.45, 7) is 7.04. The highest BCUT2D eigenvalue weighted by molar-refractivity contribution is 6.02. The van der Waals surface area contributed by atoms with Crippen LogP contribution < -0.4 is 15.4 Å². The van der Waals surface area contributed by atoms with Crippen LogP contribution >= 0.6 is 0 Å². The first-order valence-electron chi connectivity index (χ1n) is 10.3. The number of amides is 2. The van der Waals surface area contributed by atoms with Crippen molar-refractivity contribution in [1.29, 1.82) is 0 Å². The van der Waals surface area contributed by atoms with Gasteiger partial charge in [0.1, 0.15) is 5.75 Å². The number of esters is 1. The van der Waals surface area contributed by atoms with E-state index in [1.54, 1.807) is 26.0 Å². The highest BCUT2D eigenvalue weighted by Crippen LogP contribution is 2.34. The molecule has 158 valence electrons. The van der Waals surface area contributed by atoms with E-state index >= 15 is 0 Å². The summed E-state index contributed by atoms with van der Waals surface area (Å²) in [6.07, 6.45) is 4.47. The lowest BCUT2D eigenvalue weighted by Gasteiger charge is -2.31. The Bertz CT molecular complexity index is 796. The van der Waals surface area contributed by atoms with Crippen LogP contribution in [0.4, 0.5) is 5.69 Å². The van der Waals surface area contributed by atoms with E-state index in [-0.39, 0.29) is 29.3 Å². The second-order valence-electron chi connectivity index (χ2n) is 8.69. The number of carbonyl (C=O) groups is 3. The number of ether oxygens (including phenoxy) is 2. The third kappa shape index (κ3) is 4.89. The zero-order valence-corrected chi connectivity index (χ0v) is 17.5. The van der Waals surface area contributed by atoms with Crippen LogP contribution in [-0.2, 0) is 14.3 Å². The number of hydrogen-bond acceptors (Lipinski definition) is 5. The minimum atomic E-state index is -0.977. The molecule has 3 rings (SSSR count). The molecular weight excluding hydrogens is 372 g/mol. The van der Waals surface area contributed by atoms with Gasteiger partial charge in [0, 0.05) is 6.04 Å². The molecule has 7 nitrogen and oxygen atoms in total. The van der Waals surface area contributed by atoms with E-state index in [2.05, 4.69) is 10.6 Å². The Morgan fingerprint density at radius 2 is 1.90 bits per heavy atom. The van der Waals surface area contributed by atoms with Gasteiger partial charge in [0.2, 0.25) is 0 Å². The van der Waals surface area contributed by atoms with Gasteiger partial charge in [-0.1, -0.05) is 33.1 Å². The summed E-state index contributed by atoms with van der Waals surface area (Å²) in [7, 11) is 0. The maximum Gasteiger partial charge on any atom is 0.339 e. The first-order chi connectivity index (χ1) is 13.7. The van der Waals surface area contributed by atoms with Gasteiger partial charge >= 0.3 is 5.97 Å². The predicted molar refractivity (Wildman–Crippen MR) is 109 cm³/mol. The Morgan fingerprint density at radius 1 is 1.21 bits per heavy atom. The Morgan fingerprint density at radius 3 is 2.55 bits per heavy atom. The first kappa shape index (κ1) is 21.1. The van der Waals surface area contributed by atoms with Gasteiger partial charge in [-0.25, -0.2) is 4.79 Å². The topological polar surface area (TPSA) is 93.7 Å². The number of rotatable bonds is 5. The molecule has 2 aliphatic rings. The van der Waals surface area contributed by atoms with Crippen molar-refractivity contribution in [1.82, 2.24) is 5.32 Å². The van der Waals surface area contributed by atoms with E-state index in [1.807, 2.05) is 13.8 Å². The number of carbonyl (C=O) groups excluding carboxylic acids is 3. The normalized spacial score (nSPS) is 19.6. The summed E-state index contributed by atoms with van der Waals surface area (Å²) in [6, 6.07) is 4.86. The number of benzene rings is 1. The van der Waals surface area contributed by atoms with Crippen molar-refractivity contribution in [2.75, 3.05) is 5.32 Å². The highest BCUT2D eigenvalue weighted by atomic mass is 16.5. The Kier molecular flexibility index (Phi) is 6.15. The predicted octanol–water partition coefficient (Wildman–Crippen LogP) is 3.43. The van der Waals surface area contributed by atoms with Crippen molar-refractivity contribution in [2.45, 2.75) is 77.5 Å². The quantitative estimate of drug-likeness (QED) is 0.736. The molecule has 1 heterocycles. The van der Waals surface area contributed by atoms with E-state index in [0.29, 0.717) is 11.4 Å². The Hall–Kier alpha value is -2.57. The van der Waals surface area contributed by atoms with Gasteiger partial charge in [0.15, 0.2) is 11.7 Å². The molecule has 2 N–H and O–H groups in total. The summed E-state index contributed by atoms with van der Waals surface area (Å²) in [4.78, 5) is 37.5. The molecule has 0 unspecified atom stereocenters. The zero-order chi connectivity index (χ0) is 21.2. The van der Waals surface area contributed by atoms with Gasteiger partial charge in [0.25, 0.3) is 11.8 Å². The van der Waals surface area contributed by atoms with Gasteiger partial charge in [0.05, 0.1) is 11.3 Å². The maximum absolute atomic E-state index is 12.7. The van der Waals surface area contributed by atoms with E-state index in [1.165, 1.54) is 12.5 Å². The average molecular weight is 402 g/mol. The lowest BCUT2D eigenvalue weighted by atomic mass is 9.95. The molecule has 0 aromatic heterocycles. The van der Waals surface area contributed by atoms with Crippen molar-refractivity contribution in [3.05, 3.63) is 23.8 Å². The molecule has 1 saturated carbocycles. The summed E-state index contributed by atoms with van der Waals surface area (Å²) in [5.41, 5.74) is -0.311. The molecule has 1 aromatic carbocycles. The molecule has 0 bridgehead atoms. The molecule has 1 aromatic rings. The monoisotopic (exact) mass is 402 g/mol. The van der Waals surface area contributed by atoms with E-state index < -0.39 is 17.7 Å². The van der Waals surface area contributed by atoms with Gasteiger partial charge in [-0.3, -0.25) is 9.59 Å². The molecule has 7 heteroatoms. The summed E-state index contributed by atoms with van der Waals surface area (Å²) in [5.74, 6) is -0.825. The van der Waals surface area contributed by atoms with Crippen molar-refractivity contribution >= 4 is 23.5 Å². The summed E-state index contributed by atoms with van der Waals surface area (Å²) < 4.78 is 11.2. The number of hydrogen-bond donors (Lipinski definition) is 2. The summed E-state index contributed by atoms with van der Waals surface area (Å²) >= 11 is 0. The molecule has 0 radical (unpaired) electrons. The fourth-order valence-corrected chi connectivity index (χ4v) is 3.64. The third-order valence-corrected chi connectivity index (χ3v) is 5.42. The molecular formula is C22H30N2O5. The van der Waals surface area contributed by atoms with E-state index in [0.717, 1.165) is 25.7 Å². The van der Waals surface area contributed by atoms with Crippen molar-refractivity contribution in [2.24, 2.45) is 5.92 Å².